The minimum absolute atomic E-state index is 0.0796. The molecule has 0 radical (unpaired) electrons. The highest BCUT2D eigenvalue weighted by Gasteiger charge is 2.34. The number of ether oxygens (including phenoxy) is 1. The van der Waals surface area contributed by atoms with Crippen LogP contribution in [-0.4, -0.2) is 31.3 Å². The van der Waals surface area contributed by atoms with Crippen LogP contribution < -0.4 is 9.46 Å². The molecule has 26 heavy (non-hydrogen) atoms. The Balaban J connectivity index is 1.90. The molecule has 0 atom stereocenters. The summed E-state index contributed by atoms with van der Waals surface area (Å²) in [6.45, 7) is 4.08. The molecule has 0 saturated heterocycles. The zero-order valence-corrected chi connectivity index (χ0v) is 15.2. The van der Waals surface area contributed by atoms with Crippen molar-refractivity contribution < 1.29 is 26.3 Å². The quantitative estimate of drug-likeness (QED) is 0.702. The fraction of sp³-hybridized carbons (Fsp3) is 0.438. The molecule has 0 aliphatic rings. The maximum Gasteiger partial charge on any atom is 0.435 e. The molecule has 0 unspecified atom stereocenters. The third-order valence-corrected chi connectivity index (χ3v) is 5.03. The van der Waals surface area contributed by atoms with Crippen molar-refractivity contribution in [3.63, 3.8) is 0 Å². The van der Waals surface area contributed by atoms with Crippen LogP contribution in [0.4, 0.5) is 13.2 Å². The van der Waals surface area contributed by atoms with Crippen molar-refractivity contribution in [1.82, 2.24) is 14.5 Å². The lowest BCUT2D eigenvalue weighted by Crippen LogP contribution is -2.25. The zero-order chi connectivity index (χ0) is 19.4. The smallest absolute Gasteiger partial charge is 0.435 e. The molecule has 10 heteroatoms. The van der Waals surface area contributed by atoms with E-state index in [1.165, 1.54) is 23.7 Å². The van der Waals surface area contributed by atoms with Gasteiger partial charge in [0.25, 0.3) is 0 Å². The van der Waals surface area contributed by atoms with Crippen molar-refractivity contribution in [1.29, 1.82) is 0 Å². The Morgan fingerprint density at radius 2 is 1.88 bits per heavy atom. The molecule has 0 bridgehead atoms. The summed E-state index contributed by atoms with van der Waals surface area (Å²) in [5.41, 5.74) is -0.586. The highest BCUT2D eigenvalue weighted by atomic mass is 32.2. The van der Waals surface area contributed by atoms with Crippen molar-refractivity contribution in [2.45, 2.75) is 37.9 Å². The van der Waals surface area contributed by atoms with E-state index in [0.29, 0.717) is 24.5 Å². The fourth-order valence-electron chi connectivity index (χ4n) is 2.28. The van der Waals surface area contributed by atoms with Gasteiger partial charge in [-0.2, -0.15) is 18.3 Å². The maximum absolute atomic E-state index is 12.6. The molecule has 1 heterocycles. The highest BCUT2D eigenvalue weighted by molar-refractivity contribution is 7.89. The van der Waals surface area contributed by atoms with E-state index in [1.807, 2.05) is 6.92 Å². The molecule has 1 aromatic carbocycles. The standard InChI is InChI=1S/C16H20F3N3O3S/c1-3-25-13-5-7-14(8-6-13)26(23,24)20-9-4-10-22-12(2)11-15(21-22)16(17,18)19/h5-8,11,20H,3-4,9-10H2,1-2H3. The number of alkyl halides is 3. The van der Waals surface area contributed by atoms with Crippen molar-refractivity contribution in [2.75, 3.05) is 13.2 Å². The van der Waals surface area contributed by atoms with Crippen LogP contribution in [0.25, 0.3) is 0 Å². The van der Waals surface area contributed by atoms with Crippen LogP contribution in [0.5, 0.6) is 5.75 Å². The molecular weight excluding hydrogens is 371 g/mol. The van der Waals surface area contributed by atoms with Gasteiger partial charge in [-0.25, -0.2) is 13.1 Å². The average Bonchev–Trinajstić information content (AvgIpc) is 2.94. The second-order valence-corrected chi connectivity index (χ2v) is 7.31. The van der Waals surface area contributed by atoms with Gasteiger partial charge in [-0.1, -0.05) is 0 Å². The molecule has 0 amide bonds. The summed E-state index contributed by atoms with van der Waals surface area (Å²) in [6.07, 6.45) is -4.19. The number of sulfonamides is 1. The number of aryl methyl sites for hydroxylation is 2. The van der Waals surface area contributed by atoms with E-state index in [-0.39, 0.29) is 18.0 Å². The van der Waals surface area contributed by atoms with Gasteiger partial charge in [0.2, 0.25) is 10.0 Å². The maximum atomic E-state index is 12.6. The third kappa shape index (κ3) is 5.21. The van der Waals surface area contributed by atoms with Gasteiger partial charge < -0.3 is 4.74 Å². The van der Waals surface area contributed by atoms with Crippen LogP contribution >= 0.6 is 0 Å². The Bertz CT molecular complexity index is 831. The van der Waals surface area contributed by atoms with Crippen LogP contribution in [0.3, 0.4) is 0 Å². The summed E-state index contributed by atoms with van der Waals surface area (Å²) in [5, 5.41) is 3.50. The molecule has 1 N–H and O–H groups in total. The Labute approximate surface area is 150 Å². The normalized spacial score (nSPS) is 12.3. The number of hydrogen-bond donors (Lipinski definition) is 1. The lowest BCUT2D eigenvalue weighted by Gasteiger charge is -2.09. The first-order valence-corrected chi connectivity index (χ1v) is 9.46. The molecule has 144 valence electrons. The number of nitrogens with zero attached hydrogens (tertiary/aromatic N) is 2. The van der Waals surface area contributed by atoms with Gasteiger partial charge in [-0.05, 0) is 50.6 Å². The first-order chi connectivity index (χ1) is 12.1. The molecule has 1 aromatic heterocycles. The van der Waals surface area contributed by atoms with E-state index in [9.17, 15) is 21.6 Å². The van der Waals surface area contributed by atoms with E-state index in [0.717, 1.165) is 6.07 Å². The molecule has 2 aromatic rings. The van der Waals surface area contributed by atoms with Gasteiger partial charge in [0.15, 0.2) is 5.69 Å². The lowest BCUT2D eigenvalue weighted by molar-refractivity contribution is -0.141. The molecule has 0 spiro atoms. The lowest BCUT2D eigenvalue weighted by atomic mass is 10.3. The first kappa shape index (κ1) is 20.2. The third-order valence-electron chi connectivity index (χ3n) is 3.56. The van der Waals surface area contributed by atoms with Gasteiger partial charge in [0, 0.05) is 18.8 Å². The van der Waals surface area contributed by atoms with Crippen molar-refractivity contribution in [3.05, 3.63) is 41.7 Å². The number of rotatable bonds is 8. The van der Waals surface area contributed by atoms with E-state index in [4.69, 9.17) is 4.74 Å². The van der Waals surface area contributed by atoms with Gasteiger partial charge in [-0.3, -0.25) is 4.68 Å². The highest BCUT2D eigenvalue weighted by Crippen LogP contribution is 2.28. The van der Waals surface area contributed by atoms with E-state index >= 15 is 0 Å². The van der Waals surface area contributed by atoms with E-state index in [2.05, 4.69) is 9.82 Å². The van der Waals surface area contributed by atoms with Gasteiger partial charge in [-0.15, -0.1) is 0 Å². The van der Waals surface area contributed by atoms with Crippen LogP contribution in [0.1, 0.15) is 24.7 Å². The number of aromatic nitrogens is 2. The predicted molar refractivity (Wildman–Crippen MR) is 89.4 cm³/mol. The van der Waals surface area contributed by atoms with Crippen molar-refractivity contribution in [2.24, 2.45) is 0 Å². The van der Waals surface area contributed by atoms with Crippen LogP contribution in [0.2, 0.25) is 0 Å². The summed E-state index contributed by atoms with van der Waals surface area (Å²) in [6, 6.07) is 6.94. The van der Waals surface area contributed by atoms with E-state index < -0.39 is 21.9 Å². The predicted octanol–water partition coefficient (Wildman–Crippen LogP) is 2.98. The molecule has 0 aliphatic heterocycles. The summed E-state index contributed by atoms with van der Waals surface area (Å²) in [7, 11) is -3.69. The second kappa shape index (κ2) is 8.09. The summed E-state index contributed by atoms with van der Waals surface area (Å²) >= 11 is 0. The van der Waals surface area contributed by atoms with Crippen molar-refractivity contribution >= 4 is 10.0 Å². The monoisotopic (exact) mass is 391 g/mol. The number of benzene rings is 1. The molecule has 0 fully saturated rings. The number of halogens is 3. The fourth-order valence-corrected chi connectivity index (χ4v) is 3.35. The molecule has 0 aliphatic carbocycles. The average molecular weight is 391 g/mol. The number of nitrogens with one attached hydrogen (secondary N) is 1. The Morgan fingerprint density at radius 1 is 1.23 bits per heavy atom. The second-order valence-electron chi connectivity index (χ2n) is 5.55. The summed E-state index contributed by atoms with van der Waals surface area (Å²) in [4.78, 5) is 0.0931. The summed E-state index contributed by atoms with van der Waals surface area (Å²) < 4.78 is 71.1. The first-order valence-electron chi connectivity index (χ1n) is 7.97. The topological polar surface area (TPSA) is 73.2 Å². The van der Waals surface area contributed by atoms with Gasteiger partial charge in [0.1, 0.15) is 5.75 Å². The summed E-state index contributed by atoms with van der Waals surface area (Å²) in [5.74, 6) is 0.570. The number of hydrogen-bond acceptors (Lipinski definition) is 4. The largest absolute Gasteiger partial charge is 0.494 e. The van der Waals surface area contributed by atoms with Crippen LogP contribution in [-0.2, 0) is 22.7 Å². The Kier molecular flexibility index (Phi) is 6.30. The van der Waals surface area contributed by atoms with E-state index in [1.54, 1.807) is 12.1 Å². The molecular formula is C16H20F3N3O3S. The Hall–Kier alpha value is -2.07. The zero-order valence-electron chi connectivity index (χ0n) is 14.4. The Morgan fingerprint density at radius 3 is 2.42 bits per heavy atom. The van der Waals surface area contributed by atoms with Crippen LogP contribution in [0.15, 0.2) is 35.2 Å². The van der Waals surface area contributed by atoms with Gasteiger partial charge >= 0.3 is 6.18 Å². The van der Waals surface area contributed by atoms with Crippen molar-refractivity contribution in [3.8, 4) is 5.75 Å². The molecule has 0 saturated carbocycles. The van der Waals surface area contributed by atoms with Crippen LogP contribution in [0, 0.1) is 6.92 Å². The minimum atomic E-state index is -4.49. The minimum Gasteiger partial charge on any atom is -0.494 e. The molecule has 2 rings (SSSR count). The van der Waals surface area contributed by atoms with Gasteiger partial charge in [0.05, 0.1) is 11.5 Å². The molecule has 6 nitrogen and oxygen atoms in total. The SMILES string of the molecule is CCOc1ccc(S(=O)(=O)NCCCn2nc(C(F)(F)F)cc2C)cc1.